The molecule has 1 fully saturated rings. The van der Waals surface area contributed by atoms with E-state index in [0.717, 1.165) is 30.9 Å². The van der Waals surface area contributed by atoms with E-state index in [4.69, 9.17) is 16.4 Å². The molecule has 1 aliphatic heterocycles. The van der Waals surface area contributed by atoms with Crippen LogP contribution in [0.5, 0.6) is 0 Å². The van der Waals surface area contributed by atoms with Crippen molar-refractivity contribution in [1.29, 1.82) is 0 Å². The maximum absolute atomic E-state index is 13.2. The van der Waals surface area contributed by atoms with Gasteiger partial charge in [-0.2, -0.15) is 0 Å². The molecular formula is C26H26ClN5O3. The quantitative estimate of drug-likeness (QED) is 0.385. The first-order valence-electron chi connectivity index (χ1n) is 11.2. The van der Waals surface area contributed by atoms with Crippen LogP contribution in [0.15, 0.2) is 84.0 Å². The first-order chi connectivity index (χ1) is 17.0. The van der Waals surface area contributed by atoms with Crippen LogP contribution in [0.4, 0.5) is 21.9 Å². The number of oxime groups is 1. The number of amidine groups is 1. The van der Waals surface area contributed by atoms with E-state index in [1.165, 1.54) is 7.11 Å². The third kappa shape index (κ3) is 6.30. The van der Waals surface area contributed by atoms with Crippen molar-refractivity contribution in [3.05, 3.63) is 89.4 Å². The highest BCUT2D eigenvalue weighted by Crippen LogP contribution is 2.25. The fourth-order valence-electron chi connectivity index (χ4n) is 3.85. The van der Waals surface area contributed by atoms with Crippen LogP contribution in [-0.4, -0.2) is 31.4 Å². The molecular weight excluding hydrogens is 466 g/mol. The van der Waals surface area contributed by atoms with Gasteiger partial charge in [0.25, 0.3) is 5.91 Å². The van der Waals surface area contributed by atoms with Gasteiger partial charge in [0, 0.05) is 35.1 Å². The average Bonchev–Trinajstić information content (AvgIpc) is 3.33. The number of anilines is 3. The molecule has 8 nitrogen and oxygen atoms in total. The van der Waals surface area contributed by atoms with E-state index in [1.807, 2.05) is 42.5 Å². The zero-order chi connectivity index (χ0) is 24.6. The van der Waals surface area contributed by atoms with Gasteiger partial charge in [-0.15, -0.1) is 0 Å². The molecule has 1 atom stereocenters. The number of halogens is 1. The monoisotopic (exact) mass is 491 g/mol. The van der Waals surface area contributed by atoms with Crippen LogP contribution < -0.4 is 20.9 Å². The van der Waals surface area contributed by atoms with Gasteiger partial charge in [0.2, 0.25) is 0 Å². The third-order valence-corrected chi connectivity index (χ3v) is 5.76. The molecule has 1 aliphatic rings. The van der Waals surface area contributed by atoms with Crippen LogP contribution in [0.25, 0.3) is 0 Å². The first kappa shape index (κ1) is 24.1. The van der Waals surface area contributed by atoms with Gasteiger partial charge in [0.05, 0.1) is 0 Å². The lowest BCUT2D eigenvalue weighted by molar-refractivity contribution is -0.118. The second-order valence-corrected chi connectivity index (χ2v) is 8.37. The largest absolute Gasteiger partial charge is 0.398 e. The van der Waals surface area contributed by atoms with Crippen LogP contribution >= 0.6 is 11.6 Å². The number of carbonyl (C=O) groups excluding carboxylic acids is 2. The van der Waals surface area contributed by atoms with Crippen LogP contribution in [0.2, 0.25) is 5.02 Å². The molecule has 1 saturated heterocycles. The molecule has 0 saturated carbocycles. The highest BCUT2D eigenvalue weighted by Gasteiger charge is 2.24. The number of hydrogen-bond acceptors (Lipinski definition) is 4. The zero-order valence-corrected chi connectivity index (χ0v) is 20.0. The zero-order valence-electron chi connectivity index (χ0n) is 19.2. The number of nitrogens with zero attached hydrogens (tertiary/aromatic N) is 2. The summed E-state index contributed by atoms with van der Waals surface area (Å²) < 4.78 is 0. The van der Waals surface area contributed by atoms with Crippen molar-refractivity contribution < 1.29 is 14.4 Å². The van der Waals surface area contributed by atoms with Gasteiger partial charge in [-0.05, 0) is 60.5 Å². The maximum Gasteiger partial charge on any atom is 0.320 e. The summed E-state index contributed by atoms with van der Waals surface area (Å²) in [5, 5.41) is 13.0. The van der Waals surface area contributed by atoms with Crippen molar-refractivity contribution in [2.75, 3.05) is 29.2 Å². The Bertz CT molecular complexity index is 1180. The lowest BCUT2D eigenvalue weighted by Crippen LogP contribution is -2.39. The second kappa shape index (κ2) is 11.4. The molecule has 3 N–H and O–H groups in total. The lowest BCUT2D eigenvalue weighted by atomic mass is 10.1. The van der Waals surface area contributed by atoms with Crippen molar-refractivity contribution in [2.24, 2.45) is 5.16 Å². The second-order valence-electron chi connectivity index (χ2n) is 7.93. The van der Waals surface area contributed by atoms with E-state index < -0.39 is 12.1 Å². The molecule has 3 aromatic carbocycles. The Morgan fingerprint density at radius 2 is 1.60 bits per heavy atom. The molecule has 1 heterocycles. The van der Waals surface area contributed by atoms with Gasteiger partial charge < -0.3 is 25.7 Å². The topological polar surface area (TPSA) is 95.1 Å². The molecule has 1 unspecified atom stereocenters. The maximum atomic E-state index is 13.2. The Labute approximate surface area is 208 Å². The van der Waals surface area contributed by atoms with E-state index in [0.29, 0.717) is 22.0 Å². The Morgan fingerprint density at radius 1 is 0.943 bits per heavy atom. The van der Waals surface area contributed by atoms with E-state index in [-0.39, 0.29) is 5.91 Å². The number of amides is 3. The Hall–Kier alpha value is -4.04. The van der Waals surface area contributed by atoms with Gasteiger partial charge >= 0.3 is 6.03 Å². The molecule has 180 valence electrons. The van der Waals surface area contributed by atoms with Gasteiger partial charge in [-0.25, -0.2) is 4.79 Å². The van der Waals surface area contributed by atoms with Gasteiger partial charge in [0.1, 0.15) is 19.0 Å². The molecule has 0 aromatic heterocycles. The molecule has 0 bridgehead atoms. The molecule has 9 heteroatoms. The highest BCUT2D eigenvalue weighted by atomic mass is 35.5. The molecule has 0 aliphatic carbocycles. The number of rotatable bonds is 7. The number of hydrogen-bond donors (Lipinski definition) is 3. The van der Waals surface area contributed by atoms with E-state index in [1.54, 1.807) is 36.4 Å². The van der Waals surface area contributed by atoms with E-state index in [2.05, 4.69) is 26.0 Å². The minimum Gasteiger partial charge on any atom is -0.398 e. The SMILES string of the molecule is CON=C1CCCN1c1ccc(NC(=O)C(NC(=O)Nc2ccc(Cl)cc2)c2ccccc2)cc1. The summed E-state index contributed by atoms with van der Waals surface area (Å²) >= 11 is 5.90. The van der Waals surface area contributed by atoms with E-state index >= 15 is 0 Å². The fraction of sp³-hybridized carbons (Fsp3) is 0.192. The summed E-state index contributed by atoms with van der Waals surface area (Å²) in [7, 11) is 1.54. The van der Waals surface area contributed by atoms with Gasteiger partial charge in [-0.3, -0.25) is 4.79 Å². The predicted molar refractivity (Wildman–Crippen MR) is 139 cm³/mol. The van der Waals surface area contributed by atoms with Crippen LogP contribution in [0.3, 0.4) is 0 Å². The van der Waals surface area contributed by atoms with Crippen molar-refractivity contribution in [3.8, 4) is 0 Å². The third-order valence-electron chi connectivity index (χ3n) is 5.51. The Morgan fingerprint density at radius 3 is 2.29 bits per heavy atom. The summed E-state index contributed by atoms with van der Waals surface area (Å²) in [4.78, 5) is 32.9. The van der Waals surface area contributed by atoms with Gasteiger partial charge in [0.15, 0.2) is 0 Å². The van der Waals surface area contributed by atoms with Crippen molar-refractivity contribution >= 4 is 46.4 Å². The minimum atomic E-state index is -0.901. The molecule has 4 rings (SSSR count). The summed E-state index contributed by atoms with van der Waals surface area (Å²) in [5.41, 5.74) is 2.80. The number of benzene rings is 3. The standard InChI is InChI=1S/C26H26ClN5O3/c1-35-31-23-8-5-17-32(23)22-15-13-20(14-16-22)28-25(33)24(18-6-3-2-4-7-18)30-26(34)29-21-11-9-19(27)10-12-21/h2-4,6-7,9-16,24H,5,8,17H2,1H3,(H,28,33)(H2,29,30,34). The molecule has 0 radical (unpaired) electrons. The predicted octanol–water partition coefficient (Wildman–Crippen LogP) is 5.40. The number of urea groups is 1. The number of nitrogens with one attached hydrogen (secondary N) is 3. The van der Waals surface area contributed by atoms with Crippen LogP contribution in [-0.2, 0) is 9.63 Å². The highest BCUT2D eigenvalue weighted by molar-refractivity contribution is 6.30. The molecule has 3 aromatic rings. The molecule has 3 amide bonds. The summed E-state index contributed by atoms with van der Waals surface area (Å²) in [6.07, 6.45) is 1.86. The van der Waals surface area contributed by atoms with Crippen LogP contribution in [0, 0.1) is 0 Å². The Kier molecular flexibility index (Phi) is 7.84. The smallest absolute Gasteiger partial charge is 0.320 e. The Balaban J connectivity index is 1.46. The van der Waals surface area contributed by atoms with Crippen molar-refractivity contribution in [3.63, 3.8) is 0 Å². The number of carbonyl (C=O) groups is 2. The van der Waals surface area contributed by atoms with E-state index in [9.17, 15) is 9.59 Å². The first-order valence-corrected chi connectivity index (χ1v) is 11.6. The van der Waals surface area contributed by atoms with Crippen molar-refractivity contribution in [1.82, 2.24) is 5.32 Å². The minimum absolute atomic E-state index is 0.363. The van der Waals surface area contributed by atoms with Gasteiger partial charge in [-0.1, -0.05) is 47.1 Å². The normalized spacial score (nSPS) is 14.9. The molecule has 0 spiro atoms. The lowest BCUT2D eigenvalue weighted by Gasteiger charge is -2.21. The van der Waals surface area contributed by atoms with Crippen LogP contribution in [0.1, 0.15) is 24.4 Å². The average molecular weight is 492 g/mol. The summed E-state index contributed by atoms with van der Waals surface area (Å²) in [6, 6.07) is 21.9. The van der Waals surface area contributed by atoms with Crippen molar-refractivity contribution in [2.45, 2.75) is 18.9 Å². The summed E-state index contributed by atoms with van der Waals surface area (Å²) in [5.74, 6) is 0.516. The molecule has 35 heavy (non-hydrogen) atoms. The fourth-order valence-corrected chi connectivity index (χ4v) is 3.98. The summed E-state index contributed by atoms with van der Waals surface area (Å²) in [6.45, 7) is 0.858.